The summed E-state index contributed by atoms with van der Waals surface area (Å²) in [6.45, 7) is 2.55. The van der Waals surface area contributed by atoms with Crippen LogP contribution in [0.4, 0.5) is 0 Å². The highest BCUT2D eigenvalue weighted by atomic mass is 35.5. The van der Waals surface area contributed by atoms with E-state index in [0.29, 0.717) is 28.6 Å². The average Bonchev–Trinajstić information content (AvgIpc) is 2.70. The van der Waals surface area contributed by atoms with E-state index in [1.165, 1.54) is 11.3 Å². The van der Waals surface area contributed by atoms with Gasteiger partial charge in [0, 0.05) is 6.07 Å². The topological polar surface area (TPSA) is 31.4 Å². The molecule has 1 aromatic carbocycles. The Bertz CT molecular complexity index is 531. The standard InChI is InChI=1S/C12H11Cl2NO2S/c1-2-16-8-4-3-5-9(6-8)17-12-15-11(14)10(7-13)18-12/h3-6H,2,7H2,1H3. The molecule has 0 aliphatic rings. The maximum Gasteiger partial charge on any atom is 0.280 e. The molecule has 0 aliphatic carbocycles. The fourth-order valence-corrected chi connectivity index (χ4v) is 2.67. The van der Waals surface area contributed by atoms with Gasteiger partial charge in [0.2, 0.25) is 0 Å². The second kappa shape index (κ2) is 6.27. The van der Waals surface area contributed by atoms with Crippen molar-refractivity contribution in [2.45, 2.75) is 12.8 Å². The second-order valence-corrected chi connectivity index (χ2v) is 5.01. The average molecular weight is 304 g/mol. The maximum absolute atomic E-state index is 5.90. The summed E-state index contributed by atoms with van der Waals surface area (Å²) in [5.41, 5.74) is 0. The zero-order chi connectivity index (χ0) is 13.0. The van der Waals surface area contributed by atoms with Gasteiger partial charge in [-0.25, -0.2) is 0 Å². The molecule has 0 N–H and O–H groups in total. The number of alkyl halides is 1. The van der Waals surface area contributed by atoms with Crippen molar-refractivity contribution in [3.05, 3.63) is 34.3 Å². The van der Waals surface area contributed by atoms with Crippen molar-refractivity contribution < 1.29 is 9.47 Å². The van der Waals surface area contributed by atoms with Crippen molar-refractivity contribution in [1.82, 2.24) is 4.98 Å². The quantitative estimate of drug-likeness (QED) is 0.749. The predicted octanol–water partition coefficient (Wildman–Crippen LogP) is 4.73. The largest absolute Gasteiger partial charge is 0.494 e. The first-order valence-electron chi connectivity index (χ1n) is 5.34. The monoisotopic (exact) mass is 303 g/mol. The molecule has 6 heteroatoms. The first kappa shape index (κ1) is 13.5. The summed E-state index contributed by atoms with van der Waals surface area (Å²) in [7, 11) is 0. The number of thiazole rings is 1. The molecule has 0 radical (unpaired) electrons. The molecule has 0 spiro atoms. The van der Waals surface area contributed by atoms with Crippen LogP contribution in [-0.4, -0.2) is 11.6 Å². The normalized spacial score (nSPS) is 10.4. The van der Waals surface area contributed by atoms with Gasteiger partial charge >= 0.3 is 0 Å². The highest BCUT2D eigenvalue weighted by Gasteiger charge is 2.10. The highest BCUT2D eigenvalue weighted by molar-refractivity contribution is 7.14. The Kier molecular flexibility index (Phi) is 4.69. The van der Waals surface area contributed by atoms with Crippen LogP contribution in [0.5, 0.6) is 16.7 Å². The van der Waals surface area contributed by atoms with Crippen molar-refractivity contribution in [2.24, 2.45) is 0 Å². The molecule has 0 unspecified atom stereocenters. The van der Waals surface area contributed by atoms with Gasteiger partial charge in [-0.1, -0.05) is 29.0 Å². The van der Waals surface area contributed by atoms with Gasteiger partial charge in [-0.05, 0) is 19.1 Å². The number of benzene rings is 1. The lowest BCUT2D eigenvalue weighted by Gasteiger charge is -2.05. The highest BCUT2D eigenvalue weighted by Crippen LogP contribution is 2.33. The molecule has 3 nitrogen and oxygen atoms in total. The lowest BCUT2D eigenvalue weighted by Crippen LogP contribution is -1.91. The Morgan fingerprint density at radius 2 is 2.11 bits per heavy atom. The van der Waals surface area contributed by atoms with Crippen molar-refractivity contribution in [1.29, 1.82) is 0 Å². The van der Waals surface area contributed by atoms with Crippen molar-refractivity contribution in [3.8, 4) is 16.7 Å². The zero-order valence-corrected chi connectivity index (χ0v) is 12.0. The van der Waals surface area contributed by atoms with Crippen LogP contribution in [0.15, 0.2) is 24.3 Å². The zero-order valence-electron chi connectivity index (χ0n) is 9.65. The molecule has 1 heterocycles. The summed E-state index contributed by atoms with van der Waals surface area (Å²) < 4.78 is 11.0. The summed E-state index contributed by atoms with van der Waals surface area (Å²) in [6.07, 6.45) is 0. The fourth-order valence-electron chi connectivity index (χ4n) is 1.33. The van der Waals surface area contributed by atoms with E-state index < -0.39 is 0 Å². The molecule has 0 atom stereocenters. The minimum atomic E-state index is 0.332. The number of rotatable bonds is 5. The van der Waals surface area contributed by atoms with Gasteiger partial charge in [0.25, 0.3) is 5.19 Å². The molecule has 2 aromatic rings. The van der Waals surface area contributed by atoms with E-state index in [1.807, 2.05) is 25.1 Å². The van der Waals surface area contributed by atoms with Gasteiger partial charge in [-0.3, -0.25) is 0 Å². The number of hydrogen-bond donors (Lipinski definition) is 0. The number of halogens is 2. The van der Waals surface area contributed by atoms with Gasteiger partial charge in [-0.15, -0.1) is 11.6 Å². The van der Waals surface area contributed by atoms with Gasteiger partial charge in [0.05, 0.1) is 17.4 Å². The molecule has 0 fully saturated rings. The van der Waals surface area contributed by atoms with Gasteiger partial charge in [-0.2, -0.15) is 4.98 Å². The molecule has 0 saturated heterocycles. The van der Waals surface area contributed by atoms with Crippen LogP contribution in [0.2, 0.25) is 5.15 Å². The van der Waals surface area contributed by atoms with Crippen molar-refractivity contribution in [3.63, 3.8) is 0 Å². The van der Waals surface area contributed by atoms with Crippen LogP contribution in [-0.2, 0) is 5.88 Å². The Morgan fingerprint density at radius 3 is 2.78 bits per heavy atom. The van der Waals surface area contributed by atoms with E-state index in [-0.39, 0.29) is 0 Å². The van der Waals surface area contributed by atoms with Crippen LogP contribution in [0, 0.1) is 0 Å². The summed E-state index contributed by atoms with van der Waals surface area (Å²) in [5.74, 6) is 1.75. The summed E-state index contributed by atoms with van der Waals surface area (Å²) in [4.78, 5) is 4.89. The minimum absolute atomic E-state index is 0.332. The van der Waals surface area contributed by atoms with E-state index in [1.54, 1.807) is 6.07 Å². The van der Waals surface area contributed by atoms with Crippen LogP contribution < -0.4 is 9.47 Å². The molecule has 1 aromatic heterocycles. The second-order valence-electron chi connectivity index (χ2n) is 3.34. The summed E-state index contributed by atoms with van der Waals surface area (Å²) in [6, 6.07) is 7.37. The smallest absolute Gasteiger partial charge is 0.280 e. The number of aromatic nitrogens is 1. The van der Waals surface area contributed by atoms with E-state index >= 15 is 0 Å². The Balaban J connectivity index is 2.14. The predicted molar refractivity (Wildman–Crippen MR) is 74.4 cm³/mol. The van der Waals surface area contributed by atoms with Crippen LogP contribution in [0.1, 0.15) is 11.8 Å². The Morgan fingerprint density at radius 1 is 1.33 bits per heavy atom. The molecule has 0 amide bonds. The third kappa shape index (κ3) is 3.28. The molecule has 18 heavy (non-hydrogen) atoms. The van der Waals surface area contributed by atoms with E-state index in [2.05, 4.69) is 4.98 Å². The van der Waals surface area contributed by atoms with Gasteiger partial charge < -0.3 is 9.47 Å². The lowest BCUT2D eigenvalue weighted by atomic mass is 10.3. The molecular weight excluding hydrogens is 293 g/mol. The third-order valence-corrected chi connectivity index (χ3v) is 3.86. The number of hydrogen-bond acceptors (Lipinski definition) is 4. The molecule has 0 bridgehead atoms. The summed E-state index contributed by atoms with van der Waals surface area (Å²) >= 11 is 13.0. The van der Waals surface area contributed by atoms with Crippen LogP contribution in [0.3, 0.4) is 0 Å². The van der Waals surface area contributed by atoms with E-state index in [0.717, 1.165) is 10.6 Å². The van der Waals surface area contributed by atoms with E-state index in [4.69, 9.17) is 32.7 Å². The lowest BCUT2D eigenvalue weighted by molar-refractivity contribution is 0.338. The Labute approximate surface area is 119 Å². The van der Waals surface area contributed by atoms with Gasteiger partial charge in [0.15, 0.2) is 0 Å². The number of nitrogens with zero attached hydrogens (tertiary/aromatic N) is 1. The van der Waals surface area contributed by atoms with Crippen LogP contribution >= 0.6 is 34.5 Å². The number of ether oxygens (including phenoxy) is 2. The first-order valence-corrected chi connectivity index (χ1v) is 7.07. The van der Waals surface area contributed by atoms with Gasteiger partial charge in [0.1, 0.15) is 16.7 Å². The van der Waals surface area contributed by atoms with Crippen LogP contribution in [0.25, 0.3) is 0 Å². The molecule has 0 saturated carbocycles. The fraction of sp³-hybridized carbons (Fsp3) is 0.250. The SMILES string of the molecule is CCOc1cccc(Oc2nc(Cl)c(CCl)s2)c1. The first-order chi connectivity index (χ1) is 8.72. The third-order valence-electron chi connectivity index (χ3n) is 2.07. The van der Waals surface area contributed by atoms with Crippen molar-refractivity contribution in [2.75, 3.05) is 6.61 Å². The Hall–Kier alpha value is -0.970. The molecule has 96 valence electrons. The maximum atomic E-state index is 5.90. The van der Waals surface area contributed by atoms with Crippen molar-refractivity contribution >= 4 is 34.5 Å². The molecule has 2 rings (SSSR count). The summed E-state index contributed by atoms with van der Waals surface area (Å²) in [5, 5.41) is 0.871. The molecular formula is C12H11Cl2NO2S. The van der Waals surface area contributed by atoms with E-state index in [9.17, 15) is 0 Å². The minimum Gasteiger partial charge on any atom is -0.494 e. The molecule has 0 aliphatic heterocycles.